The van der Waals surface area contributed by atoms with Gasteiger partial charge in [0.15, 0.2) is 0 Å². The van der Waals surface area contributed by atoms with E-state index in [4.69, 9.17) is 0 Å². The summed E-state index contributed by atoms with van der Waals surface area (Å²) in [5.74, 6) is 0.849. The van der Waals surface area contributed by atoms with Crippen LogP contribution in [0.4, 0.5) is 5.69 Å². The molecular formula is C19H23N. The molecule has 1 heteroatoms. The van der Waals surface area contributed by atoms with Crippen molar-refractivity contribution in [3.8, 4) is 0 Å². The van der Waals surface area contributed by atoms with Gasteiger partial charge in [-0.15, -0.1) is 0 Å². The molecular weight excluding hydrogens is 242 g/mol. The summed E-state index contributed by atoms with van der Waals surface area (Å²) in [4.78, 5) is 0. The second-order valence-electron chi connectivity index (χ2n) is 5.78. The van der Waals surface area contributed by atoms with Crippen LogP contribution in [0.3, 0.4) is 0 Å². The van der Waals surface area contributed by atoms with Crippen LogP contribution in [0.2, 0.25) is 0 Å². The molecule has 1 fully saturated rings. The third kappa shape index (κ3) is 3.22. The van der Waals surface area contributed by atoms with Crippen LogP contribution in [0, 0.1) is 0 Å². The van der Waals surface area contributed by atoms with Gasteiger partial charge in [0.2, 0.25) is 0 Å². The first-order valence-electron chi connectivity index (χ1n) is 7.77. The van der Waals surface area contributed by atoms with E-state index in [0.29, 0.717) is 0 Å². The number of aryl methyl sites for hydroxylation is 1. The summed E-state index contributed by atoms with van der Waals surface area (Å²) >= 11 is 0. The lowest BCUT2D eigenvalue weighted by Gasteiger charge is -2.12. The summed E-state index contributed by atoms with van der Waals surface area (Å²) in [5.41, 5.74) is 5.58. The Morgan fingerprint density at radius 3 is 2.45 bits per heavy atom. The predicted molar refractivity (Wildman–Crippen MR) is 86.2 cm³/mol. The Bertz CT molecular complexity index is 552. The average Bonchev–Trinajstić information content (AvgIpc) is 3.32. The molecule has 0 atom stereocenters. The highest BCUT2D eigenvalue weighted by molar-refractivity contribution is 5.51. The van der Waals surface area contributed by atoms with Crippen molar-refractivity contribution in [3.05, 3.63) is 65.2 Å². The predicted octanol–water partition coefficient (Wildman–Crippen LogP) is 5.13. The van der Waals surface area contributed by atoms with Crippen molar-refractivity contribution in [1.82, 2.24) is 0 Å². The normalized spacial score (nSPS) is 14.2. The molecule has 1 aliphatic rings. The van der Waals surface area contributed by atoms with Crippen molar-refractivity contribution in [3.63, 3.8) is 0 Å². The number of rotatable bonds is 6. The minimum atomic E-state index is 0.849. The molecule has 0 amide bonds. The Balaban J connectivity index is 1.63. The SMILES string of the molecule is CCCc1ccccc1NCc1ccc(C2CC2)cc1. The Hall–Kier alpha value is -1.76. The van der Waals surface area contributed by atoms with E-state index in [2.05, 4.69) is 60.8 Å². The van der Waals surface area contributed by atoms with Gasteiger partial charge < -0.3 is 5.32 Å². The molecule has 0 spiro atoms. The van der Waals surface area contributed by atoms with E-state index < -0.39 is 0 Å². The van der Waals surface area contributed by atoms with E-state index >= 15 is 0 Å². The van der Waals surface area contributed by atoms with Gasteiger partial charge in [0.05, 0.1) is 0 Å². The van der Waals surface area contributed by atoms with Gasteiger partial charge in [0.25, 0.3) is 0 Å². The summed E-state index contributed by atoms with van der Waals surface area (Å²) in [5, 5.41) is 3.58. The lowest BCUT2D eigenvalue weighted by Crippen LogP contribution is -2.02. The Morgan fingerprint density at radius 2 is 1.75 bits per heavy atom. The van der Waals surface area contributed by atoms with Crippen LogP contribution < -0.4 is 5.32 Å². The van der Waals surface area contributed by atoms with E-state index in [1.54, 1.807) is 0 Å². The van der Waals surface area contributed by atoms with Crippen molar-refractivity contribution in [2.24, 2.45) is 0 Å². The number of para-hydroxylation sites is 1. The van der Waals surface area contributed by atoms with Crippen LogP contribution in [0.5, 0.6) is 0 Å². The lowest BCUT2D eigenvalue weighted by atomic mass is 10.1. The molecule has 1 saturated carbocycles. The quantitative estimate of drug-likeness (QED) is 0.763. The summed E-state index contributed by atoms with van der Waals surface area (Å²) in [6.07, 6.45) is 5.09. The van der Waals surface area contributed by atoms with Crippen molar-refractivity contribution in [1.29, 1.82) is 0 Å². The monoisotopic (exact) mass is 265 g/mol. The molecule has 1 N–H and O–H groups in total. The highest BCUT2D eigenvalue weighted by atomic mass is 14.9. The Labute approximate surface area is 122 Å². The zero-order valence-electron chi connectivity index (χ0n) is 12.2. The molecule has 0 heterocycles. The number of benzene rings is 2. The Morgan fingerprint density at radius 1 is 1.00 bits per heavy atom. The molecule has 0 aromatic heterocycles. The standard InChI is InChI=1S/C19H23N/c1-2-5-18-6-3-4-7-19(18)20-14-15-8-10-16(11-9-15)17-12-13-17/h3-4,6-11,17,20H,2,5,12-14H2,1H3. The van der Waals surface area contributed by atoms with Gasteiger partial charge in [0.1, 0.15) is 0 Å². The van der Waals surface area contributed by atoms with E-state index in [9.17, 15) is 0 Å². The molecule has 2 aromatic carbocycles. The van der Waals surface area contributed by atoms with Gasteiger partial charge in [0, 0.05) is 12.2 Å². The molecule has 0 bridgehead atoms. The summed E-state index contributed by atoms with van der Waals surface area (Å²) < 4.78 is 0. The lowest BCUT2D eigenvalue weighted by molar-refractivity contribution is 0.919. The molecule has 20 heavy (non-hydrogen) atoms. The highest BCUT2D eigenvalue weighted by Crippen LogP contribution is 2.39. The molecule has 0 radical (unpaired) electrons. The van der Waals surface area contributed by atoms with Crippen LogP contribution in [-0.2, 0) is 13.0 Å². The summed E-state index contributed by atoms with van der Waals surface area (Å²) in [6, 6.07) is 17.8. The van der Waals surface area contributed by atoms with Crippen LogP contribution in [0.25, 0.3) is 0 Å². The fourth-order valence-corrected chi connectivity index (χ4v) is 2.70. The van der Waals surface area contributed by atoms with Gasteiger partial charge >= 0.3 is 0 Å². The minimum Gasteiger partial charge on any atom is -0.381 e. The maximum Gasteiger partial charge on any atom is 0.0400 e. The topological polar surface area (TPSA) is 12.0 Å². The number of hydrogen-bond donors (Lipinski definition) is 1. The zero-order chi connectivity index (χ0) is 13.8. The zero-order valence-corrected chi connectivity index (χ0v) is 12.2. The van der Waals surface area contributed by atoms with Gasteiger partial charge in [-0.05, 0) is 47.9 Å². The summed E-state index contributed by atoms with van der Waals surface area (Å²) in [7, 11) is 0. The first kappa shape index (κ1) is 13.2. The van der Waals surface area contributed by atoms with Gasteiger partial charge in [-0.1, -0.05) is 55.8 Å². The minimum absolute atomic E-state index is 0.849. The van der Waals surface area contributed by atoms with E-state index in [0.717, 1.165) is 18.9 Å². The molecule has 0 aliphatic heterocycles. The molecule has 1 aliphatic carbocycles. The summed E-state index contributed by atoms with van der Waals surface area (Å²) in [6.45, 7) is 3.14. The molecule has 3 rings (SSSR count). The van der Waals surface area contributed by atoms with Crippen molar-refractivity contribution in [2.75, 3.05) is 5.32 Å². The first-order valence-corrected chi connectivity index (χ1v) is 7.77. The van der Waals surface area contributed by atoms with Gasteiger partial charge in [-0.25, -0.2) is 0 Å². The fourth-order valence-electron chi connectivity index (χ4n) is 2.70. The number of nitrogens with one attached hydrogen (secondary N) is 1. The fraction of sp³-hybridized carbons (Fsp3) is 0.368. The average molecular weight is 265 g/mol. The highest BCUT2D eigenvalue weighted by Gasteiger charge is 2.22. The maximum absolute atomic E-state index is 3.58. The van der Waals surface area contributed by atoms with Gasteiger partial charge in [-0.2, -0.15) is 0 Å². The van der Waals surface area contributed by atoms with E-state index in [1.807, 2.05) is 0 Å². The first-order chi connectivity index (χ1) is 9.86. The Kier molecular flexibility index (Phi) is 4.05. The third-order valence-electron chi connectivity index (χ3n) is 4.05. The van der Waals surface area contributed by atoms with Crippen molar-refractivity contribution in [2.45, 2.75) is 45.1 Å². The van der Waals surface area contributed by atoms with Crippen LogP contribution in [-0.4, -0.2) is 0 Å². The van der Waals surface area contributed by atoms with Crippen LogP contribution >= 0.6 is 0 Å². The van der Waals surface area contributed by atoms with E-state index in [-0.39, 0.29) is 0 Å². The van der Waals surface area contributed by atoms with Crippen LogP contribution in [0.15, 0.2) is 48.5 Å². The molecule has 0 saturated heterocycles. The van der Waals surface area contributed by atoms with Crippen molar-refractivity contribution >= 4 is 5.69 Å². The number of anilines is 1. The smallest absolute Gasteiger partial charge is 0.0400 e. The van der Waals surface area contributed by atoms with E-state index in [1.165, 1.54) is 41.6 Å². The number of hydrogen-bond acceptors (Lipinski definition) is 1. The molecule has 1 nitrogen and oxygen atoms in total. The van der Waals surface area contributed by atoms with Crippen LogP contribution in [0.1, 0.15) is 48.8 Å². The third-order valence-corrected chi connectivity index (χ3v) is 4.05. The van der Waals surface area contributed by atoms with Crippen molar-refractivity contribution < 1.29 is 0 Å². The molecule has 2 aromatic rings. The molecule has 0 unspecified atom stereocenters. The largest absolute Gasteiger partial charge is 0.381 e. The molecule has 104 valence electrons. The second-order valence-corrected chi connectivity index (χ2v) is 5.78. The van der Waals surface area contributed by atoms with Gasteiger partial charge in [-0.3, -0.25) is 0 Å². The maximum atomic E-state index is 3.58. The second kappa shape index (κ2) is 6.13.